The molecule has 3 nitrogen and oxygen atoms in total. The van der Waals surface area contributed by atoms with Gasteiger partial charge in [-0.1, -0.05) is 42.8 Å². The van der Waals surface area contributed by atoms with Gasteiger partial charge < -0.3 is 15.5 Å². The summed E-state index contributed by atoms with van der Waals surface area (Å²) in [5.74, 6) is 0. The van der Waals surface area contributed by atoms with Crippen LogP contribution in [0.2, 0.25) is 0 Å². The molecule has 1 atom stereocenters. The predicted molar refractivity (Wildman–Crippen MR) is 85.1 cm³/mol. The molecule has 2 aromatic carbocycles. The average Bonchev–Trinajstić information content (AvgIpc) is 2.49. The molecule has 1 unspecified atom stereocenters. The monoisotopic (exact) mass is 285 g/mol. The van der Waals surface area contributed by atoms with Crippen molar-refractivity contribution in [2.45, 2.75) is 25.4 Å². The summed E-state index contributed by atoms with van der Waals surface area (Å²) in [7, 11) is 0. The lowest BCUT2D eigenvalue weighted by Gasteiger charge is -2.40. The van der Waals surface area contributed by atoms with Crippen LogP contribution >= 0.6 is 0 Å². The Balaban J connectivity index is 1.60. The molecule has 3 N–H and O–H groups in total. The Labute approximate surface area is 125 Å². The van der Waals surface area contributed by atoms with E-state index in [4.69, 9.17) is 0 Å². The van der Waals surface area contributed by atoms with Crippen LogP contribution in [0.3, 0.4) is 0 Å². The van der Waals surface area contributed by atoms with Crippen molar-refractivity contribution in [2.24, 2.45) is 5.41 Å². The average molecular weight is 285 g/mol. The van der Waals surface area contributed by atoms with Gasteiger partial charge in [0.1, 0.15) is 0 Å². The Bertz CT molecular complexity index is 601. The molecule has 21 heavy (non-hydrogen) atoms. The van der Waals surface area contributed by atoms with E-state index < -0.39 is 6.10 Å². The van der Waals surface area contributed by atoms with Gasteiger partial charge in [0.2, 0.25) is 0 Å². The second-order valence-electron chi connectivity index (χ2n) is 6.26. The van der Waals surface area contributed by atoms with E-state index >= 15 is 0 Å². The standard InChI is InChI=1S/C18H23NO2/c20-13-18(8-3-9-18)12-19-11-17(21)16-7-6-14-4-1-2-5-15(14)10-16/h1-2,4-7,10,17,19-21H,3,8-9,11-13H2. The number of fused-ring (bicyclic) bond motifs is 1. The van der Waals surface area contributed by atoms with Crippen LogP contribution in [0.4, 0.5) is 0 Å². The van der Waals surface area contributed by atoms with Gasteiger partial charge in [-0.15, -0.1) is 0 Å². The van der Waals surface area contributed by atoms with Crippen molar-refractivity contribution in [3.8, 4) is 0 Å². The van der Waals surface area contributed by atoms with E-state index in [0.29, 0.717) is 6.54 Å². The molecule has 0 heterocycles. The summed E-state index contributed by atoms with van der Waals surface area (Å²) in [6.45, 7) is 1.56. The number of benzene rings is 2. The first-order valence-corrected chi connectivity index (χ1v) is 7.71. The Morgan fingerprint density at radius 1 is 1.10 bits per heavy atom. The number of hydrogen-bond acceptors (Lipinski definition) is 3. The van der Waals surface area contributed by atoms with Crippen LogP contribution in [-0.2, 0) is 0 Å². The minimum absolute atomic E-state index is 0.0586. The van der Waals surface area contributed by atoms with Gasteiger partial charge in [0.25, 0.3) is 0 Å². The Morgan fingerprint density at radius 3 is 2.52 bits per heavy atom. The number of nitrogens with one attached hydrogen (secondary N) is 1. The summed E-state index contributed by atoms with van der Waals surface area (Å²) in [6.07, 6.45) is 2.87. The molecule has 0 spiro atoms. The first-order chi connectivity index (χ1) is 10.2. The summed E-state index contributed by atoms with van der Waals surface area (Å²) in [5.41, 5.74) is 0.996. The zero-order chi connectivity index (χ0) is 14.7. The molecule has 0 saturated heterocycles. The van der Waals surface area contributed by atoms with E-state index in [0.717, 1.165) is 30.3 Å². The van der Waals surface area contributed by atoms with Gasteiger partial charge in [0.15, 0.2) is 0 Å². The maximum atomic E-state index is 10.3. The maximum absolute atomic E-state index is 10.3. The lowest BCUT2D eigenvalue weighted by atomic mass is 9.69. The summed E-state index contributed by atoms with van der Waals surface area (Å²) in [6, 6.07) is 14.3. The molecule has 3 rings (SSSR count). The third-order valence-corrected chi connectivity index (χ3v) is 4.75. The molecular weight excluding hydrogens is 262 g/mol. The van der Waals surface area contributed by atoms with Gasteiger partial charge in [-0.25, -0.2) is 0 Å². The highest BCUT2D eigenvalue weighted by molar-refractivity contribution is 5.83. The van der Waals surface area contributed by atoms with Crippen molar-refractivity contribution in [1.29, 1.82) is 0 Å². The molecule has 0 amide bonds. The number of hydrogen-bond donors (Lipinski definition) is 3. The SMILES string of the molecule is OCC1(CNCC(O)c2ccc3ccccc3c2)CCC1. The molecular formula is C18H23NO2. The van der Waals surface area contributed by atoms with E-state index in [9.17, 15) is 10.2 Å². The largest absolute Gasteiger partial charge is 0.396 e. The molecule has 1 aliphatic rings. The molecule has 0 bridgehead atoms. The zero-order valence-electron chi connectivity index (χ0n) is 12.3. The van der Waals surface area contributed by atoms with Crippen LogP contribution in [0.25, 0.3) is 10.8 Å². The van der Waals surface area contributed by atoms with Crippen LogP contribution in [0, 0.1) is 5.41 Å². The van der Waals surface area contributed by atoms with Crippen molar-refractivity contribution in [2.75, 3.05) is 19.7 Å². The smallest absolute Gasteiger partial charge is 0.0914 e. The molecule has 0 radical (unpaired) electrons. The number of rotatable bonds is 6. The van der Waals surface area contributed by atoms with E-state index in [1.54, 1.807) is 0 Å². The lowest BCUT2D eigenvalue weighted by Crippen LogP contribution is -2.43. The molecule has 1 saturated carbocycles. The molecule has 1 aliphatic carbocycles. The summed E-state index contributed by atoms with van der Waals surface area (Å²) >= 11 is 0. The molecule has 0 aromatic heterocycles. The van der Waals surface area contributed by atoms with Crippen LogP contribution in [0.1, 0.15) is 30.9 Å². The van der Waals surface area contributed by atoms with Gasteiger partial charge >= 0.3 is 0 Å². The van der Waals surface area contributed by atoms with Crippen molar-refractivity contribution < 1.29 is 10.2 Å². The fourth-order valence-electron chi connectivity index (χ4n) is 3.07. The third-order valence-electron chi connectivity index (χ3n) is 4.75. The van der Waals surface area contributed by atoms with E-state index in [-0.39, 0.29) is 12.0 Å². The second-order valence-corrected chi connectivity index (χ2v) is 6.26. The highest BCUT2D eigenvalue weighted by atomic mass is 16.3. The second kappa shape index (κ2) is 6.14. The fourth-order valence-corrected chi connectivity index (χ4v) is 3.07. The van der Waals surface area contributed by atoms with Crippen LogP contribution < -0.4 is 5.32 Å². The highest BCUT2D eigenvalue weighted by Gasteiger charge is 2.35. The topological polar surface area (TPSA) is 52.5 Å². The normalized spacial score (nSPS) is 18.4. The highest BCUT2D eigenvalue weighted by Crippen LogP contribution is 2.39. The summed E-state index contributed by atoms with van der Waals surface area (Å²) in [4.78, 5) is 0. The van der Waals surface area contributed by atoms with Crippen LogP contribution in [-0.4, -0.2) is 29.9 Å². The molecule has 2 aromatic rings. The van der Waals surface area contributed by atoms with Gasteiger partial charge in [0.05, 0.1) is 6.10 Å². The lowest BCUT2D eigenvalue weighted by molar-refractivity contribution is 0.0410. The zero-order valence-corrected chi connectivity index (χ0v) is 12.3. The van der Waals surface area contributed by atoms with Crippen LogP contribution in [0.15, 0.2) is 42.5 Å². The summed E-state index contributed by atoms with van der Waals surface area (Å²) in [5, 5.41) is 25.4. The number of aliphatic hydroxyl groups is 2. The number of aliphatic hydroxyl groups excluding tert-OH is 2. The third kappa shape index (κ3) is 3.10. The Morgan fingerprint density at radius 2 is 1.86 bits per heavy atom. The van der Waals surface area contributed by atoms with Crippen molar-refractivity contribution >= 4 is 10.8 Å². The summed E-state index contributed by atoms with van der Waals surface area (Å²) < 4.78 is 0. The van der Waals surface area contributed by atoms with Gasteiger partial charge in [-0.05, 0) is 35.2 Å². The molecule has 0 aliphatic heterocycles. The molecule has 3 heteroatoms. The quantitative estimate of drug-likeness (QED) is 0.765. The minimum atomic E-state index is -0.509. The Kier molecular flexibility index (Phi) is 4.24. The maximum Gasteiger partial charge on any atom is 0.0914 e. The molecule has 1 fully saturated rings. The first kappa shape index (κ1) is 14.5. The fraction of sp³-hybridized carbons (Fsp3) is 0.444. The van der Waals surface area contributed by atoms with Gasteiger partial charge in [-0.3, -0.25) is 0 Å². The van der Waals surface area contributed by atoms with Crippen molar-refractivity contribution in [3.63, 3.8) is 0 Å². The Hall–Kier alpha value is -1.42. The van der Waals surface area contributed by atoms with Crippen LogP contribution in [0.5, 0.6) is 0 Å². The van der Waals surface area contributed by atoms with Crippen molar-refractivity contribution in [3.05, 3.63) is 48.0 Å². The minimum Gasteiger partial charge on any atom is -0.396 e. The van der Waals surface area contributed by atoms with Crippen molar-refractivity contribution in [1.82, 2.24) is 5.32 Å². The predicted octanol–water partition coefficient (Wildman–Crippen LogP) is 2.63. The first-order valence-electron chi connectivity index (χ1n) is 7.71. The van der Waals surface area contributed by atoms with E-state index in [1.807, 2.05) is 24.3 Å². The van der Waals surface area contributed by atoms with E-state index in [1.165, 1.54) is 11.8 Å². The molecule has 112 valence electrons. The van der Waals surface area contributed by atoms with Gasteiger partial charge in [0, 0.05) is 25.1 Å². The van der Waals surface area contributed by atoms with Gasteiger partial charge in [-0.2, -0.15) is 0 Å². The van der Waals surface area contributed by atoms with E-state index in [2.05, 4.69) is 23.5 Å².